The molecule has 0 aliphatic carbocycles. The van der Waals surface area contributed by atoms with Crippen LogP contribution in [0.2, 0.25) is 0 Å². The van der Waals surface area contributed by atoms with Gasteiger partial charge in [-0.3, -0.25) is 4.90 Å². The molecule has 5 nitrogen and oxygen atoms in total. The van der Waals surface area contributed by atoms with Crippen molar-refractivity contribution in [3.8, 4) is 5.75 Å². The highest BCUT2D eigenvalue weighted by Gasteiger charge is 2.19. The van der Waals surface area contributed by atoms with Gasteiger partial charge in [-0.15, -0.1) is 11.3 Å². The van der Waals surface area contributed by atoms with E-state index in [4.69, 9.17) is 14.2 Å². The van der Waals surface area contributed by atoms with E-state index in [1.54, 1.807) is 0 Å². The van der Waals surface area contributed by atoms with Gasteiger partial charge >= 0.3 is 5.97 Å². The van der Waals surface area contributed by atoms with Crippen molar-refractivity contribution in [3.05, 3.63) is 50.1 Å². The lowest BCUT2D eigenvalue weighted by Crippen LogP contribution is -2.35. The molecule has 1 aliphatic heterocycles. The zero-order valence-electron chi connectivity index (χ0n) is 14.0. The quantitative estimate of drug-likeness (QED) is 0.660. The van der Waals surface area contributed by atoms with E-state index in [0.29, 0.717) is 17.2 Å². The number of nitrogens with zero attached hydrogens (tertiary/aromatic N) is 1. The van der Waals surface area contributed by atoms with Crippen molar-refractivity contribution in [2.24, 2.45) is 0 Å². The number of hydrogen-bond acceptors (Lipinski definition) is 6. The van der Waals surface area contributed by atoms with Gasteiger partial charge in [0.05, 0.1) is 24.8 Å². The summed E-state index contributed by atoms with van der Waals surface area (Å²) in [6.45, 7) is 4.92. The molecule has 3 rings (SSSR count). The molecular weight excluding hydrogens is 406 g/mol. The summed E-state index contributed by atoms with van der Waals surface area (Å²) >= 11 is 4.72. The van der Waals surface area contributed by atoms with Crippen molar-refractivity contribution in [3.63, 3.8) is 0 Å². The maximum atomic E-state index is 11.8. The van der Waals surface area contributed by atoms with Crippen LogP contribution in [-0.4, -0.2) is 44.3 Å². The van der Waals surface area contributed by atoms with Gasteiger partial charge in [-0.05, 0) is 27.1 Å². The molecule has 0 spiro atoms. The number of esters is 1. The number of morpholine rings is 1. The van der Waals surface area contributed by atoms with Gasteiger partial charge < -0.3 is 14.2 Å². The third kappa shape index (κ3) is 4.82. The van der Waals surface area contributed by atoms with Crippen LogP contribution in [0.4, 0.5) is 0 Å². The first-order valence-corrected chi connectivity index (χ1v) is 9.70. The Morgan fingerprint density at radius 2 is 1.92 bits per heavy atom. The molecule has 2 aromatic rings. The minimum Gasteiger partial charge on any atom is -0.486 e. The van der Waals surface area contributed by atoms with Crippen molar-refractivity contribution in [1.82, 2.24) is 4.90 Å². The molecule has 0 unspecified atom stereocenters. The Hall–Kier alpha value is -1.41. The molecule has 1 aromatic heterocycles. The number of ether oxygens (including phenoxy) is 3. The molecule has 1 aliphatic rings. The highest BCUT2D eigenvalue weighted by atomic mass is 79.9. The smallest absolute Gasteiger partial charge is 0.351 e. The van der Waals surface area contributed by atoms with Crippen LogP contribution < -0.4 is 4.74 Å². The molecule has 0 radical (unpaired) electrons. The summed E-state index contributed by atoms with van der Waals surface area (Å²) in [5, 5.41) is 1.83. The second-order valence-electron chi connectivity index (χ2n) is 5.73. The number of carbonyl (C=O) groups excluding carboxylic acids is 1. The van der Waals surface area contributed by atoms with Crippen molar-refractivity contribution in [2.45, 2.75) is 13.2 Å². The van der Waals surface area contributed by atoms with Crippen molar-refractivity contribution in [2.75, 3.05) is 33.4 Å². The van der Waals surface area contributed by atoms with Gasteiger partial charge in [0.1, 0.15) is 6.61 Å². The van der Waals surface area contributed by atoms with Crippen LogP contribution in [0, 0.1) is 0 Å². The molecule has 7 heteroatoms. The molecule has 1 fully saturated rings. The van der Waals surface area contributed by atoms with E-state index in [2.05, 4.69) is 45.1 Å². The number of methoxy groups -OCH3 is 1. The van der Waals surface area contributed by atoms with Gasteiger partial charge in [-0.25, -0.2) is 4.79 Å². The van der Waals surface area contributed by atoms with Gasteiger partial charge in [0.15, 0.2) is 10.6 Å². The van der Waals surface area contributed by atoms with Crippen molar-refractivity contribution < 1.29 is 19.0 Å². The lowest BCUT2D eigenvalue weighted by atomic mass is 10.1. The predicted molar refractivity (Wildman–Crippen MR) is 100 cm³/mol. The minimum atomic E-state index is -0.383. The molecular formula is C18H20BrNO4S. The lowest BCUT2D eigenvalue weighted by Gasteiger charge is -2.26. The Labute approximate surface area is 159 Å². The molecule has 0 bridgehead atoms. The Bertz CT molecular complexity index is 710. The van der Waals surface area contributed by atoms with E-state index in [-0.39, 0.29) is 5.97 Å². The average Bonchev–Trinajstić information content (AvgIpc) is 3.02. The Kier molecular flexibility index (Phi) is 6.47. The molecule has 0 N–H and O–H groups in total. The van der Waals surface area contributed by atoms with Gasteiger partial charge in [-0.1, -0.05) is 24.3 Å². The molecule has 0 amide bonds. The number of carbonyl (C=O) groups is 1. The van der Waals surface area contributed by atoms with E-state index in [0.717, 1.165) is 42.9 Å². The maximum Gasteiger partial charge on any atom is 0.351 e. The highest BCUT2D eigenvalue weighted by molar-refractivity contribution is 9.10. The fourth-order valence-electron chi connectivity index (χ4n) is 2.61. The molecule has 0 saturated carbocycles. The van der Waals surface area contributed by atoms with Gasteiger partial charge in [0.25, 0.3) is 0 Å². The van der Waals surface area contributed by atoms with E-state index in [1.807, 2.05) is 5.38 Å². The van der Waals surface area contributed by atoms with Crippen LogP contribution in [0.15, 0.2) is 34.1 Å². The zero-order valence-corrected chi connectivity index (χ0v) is 16.4. The van der Waals surface area contributed by atoms with Crippen LogP contribution in [0.25, 0.3) is 0 Å². The first kappa shape index (κ1) is 18.4. The van der Waals surface area contributed by atoms with E-state index in [1.165, 1.54) is 24.0 Å². The predicted octanol–water partition coefficient (Wildman–Crippen LogP) is 3.71. The minimum absolute atomic E-state index is 0.383. The van der Waals surface area contributed by atoms with Gasteiger partial charge in [0.2, 0.25) is 0 Å². The SMILES string of the molecule is COC(=O)c1scc(Br)c1OCc1ccc(CN2CCOCC2)cc1. The number of halogens is 1. The average molecular weight is 426 g/mol. The Balaban J connectivity index is 1.59. The number of thiophene rings is 1. The fraction of sp³-hybridized carbons (Fsp3) is 0.389. The van der Waals surface area contributed by atoms with Crippen LogP contribution in [0.5, 0.6) is 5.75 Å². The van der Waals surface area contributed by atoms with Crippen LogP contribution in [-0.2, 0) is 22.6 Å². The first-order chi connectivity index (χ1) is 12.2. The third-order valence-electron chi connectivity index (χ3n) is 3.99. The zero-order chi connectivity index (χ0) is 17.6. The summed E-state index contributed by atoms with van der Waals surface area (Å²) in [4.78, 5) is 14.6. The monoisotopic (exact) mass is 425 g/mol. The van der Waals surface area contributed by atoms with Gasteiger partial charge in [-0.2, -0.15) is 0 Å². The van der Waals surface area contributed by atoms with E-state index in [9.17, 15) is 4.79 Å². The largest absolute Gasteiger partial charge is 0.486 e. The van der Waals surface area contributed by atoms with Crippen LogP contribution in [0.3, 0.4) is 0 Å². The normalized spacial score (nSPS) is 15.1. The van der Waals surface area contributed by atoms with E-state index < -0.39 is 0 Å². The summed E-state index contributed by atoms with van der Waals surface area (Å²) < 4.78 is 16.8. The first-order valence-electron chi connectivity index (χ1n) is 8.03. The summed E-state index contributed by atoms with van der Waals surface area (Å²) in [5.41, 5.74) is 2.33. The number of benzene rings is 1. The second kappa shape index (κ2) is 8.80. The standard InChI is InChI=1S/C18H20BrNO4S/c1-22-18(21)17-16(15(19)12-25-17)24-11-14-4-2-13(3-5-14)10-20-6-8-23-9-7-20/h2-5,12H,6-11H2,1H3. The Morgan fingerprint density at radius 1 is 1.24 bits per heavy atom. The van der Waals surface area contributed by atoms with Crippen LogP contribution >= 0.6 is 27.3 Å². The Morgan fingerprint density at radius 3 is 2.60 bits per heavy atom. The maximum absolute atomic E-state index is 11.8. The second-order valence-corrected chi connectivity index (χ2v) is 7.46. The molecule has 0 atom stereocenters. The third-order valence-corrected chi connectivity index (χ3v) is 5.82. The van der Waals surface area contributed by atoms with Crippen molar-refractivity contribution >= 4 is 33.2 Å². The summed E-state index contributed by atoms with van der Waals surface area (Å²) in [6, 6.07) is 8.37. The van der Waals surface area contributed by atoms with Crippen LogP contribution in [0.1, 0.15) is 20.8 Å². The lowest BCUT2D eigenvalue weighted by molar-refractivity contribution is 0.0342. The molecule has 134 valence electrons. The summed E-state index contributed by atoms with van der Waals surface area (Å²) in [6.07, 6.45) is 0. The van der Waals surface area contributed by atoms with E-state index >= 15 is 0 Å². The molecule has 25 heavy (non-hydrogen) atoms. The number of hydrogen-bond donors (Lipinski definition) is 0. The van der Waals surface area contributed by atoms with Gasteiger partial charge in [0, 0.05) is 25.0 Å². The molecule has 1 saturated heterocycles. The topological polar surface area (TPSA) is 48.0 Å². The molecule has 2 heterocycles. The fourth-order valence-corrected chi connectivity index (χ4v) is 4.12. The summed E-state index contributed by atoms with van der Waals surface area (Å²) in [7, 11) is 1.37. The van der Waals surface area contributed by atoms with Crippen molar-refractivity contribution in [1.29, 1.82) is 0 Å². The number of rotatable bonds is 6. The highest BCUT2D eigenvalue weighted by Crippen LogP contribution is 2.36. The molecule has 1 aromatic carbocycles. The summed E-state index contributed by atoms with van der Waals surface area (Å²) in [5.74, 6) is 0.154.